The second kappa shape index (κ2) is 6.35. The zero-order valence-corrected chi connectivity index (χ0v) is 11.6. The Bertz CT molecular complexity index is 423. The number of hydrogen-bond donors (Lipinski definition) is 1. The maximum Gasteiger partial charge on any atom is 0.154 e. The van der Waals surface area contributed by atoms with Gasteiger partial charge in [-0.15, -0.1) is 0 Å². The number of hydrogen-bond acceptors (Lipinski definition) is 2. The van der Waals surface area contributed by atoms with Crippen molar-refractivity contribution in [3.05, 3.63) is 34.3 Å². The summed E-state index contributed by atoms with van der Waals surface area (Å²) < 4.78 is 0. The summed E-state index contributed by atoms with van der Waals surface area (Å²) in [6.07, 6.45) is 4.95. The van der Waals surface area contributed by atoms with E-state index in [-0.39, 0.29) is 11.8 Å². The molecule has 0 bridgehead atoms. The van der Waals surface area contributed by atoms with E-state index in [1.165, 1.54) is 12.8 Å². The summed E-state index contributed by atoms with van der Waals surface area (Å²) in [7, 11) is 0. The topological polar surface area (TPSA) is 29.1 Å². The zero-order chi connectivity index (χ0) is 13.0. The van der Waals surface area contributed by atoms with Crippen LogP contribution in [0.25, 0.3) is 0 Å². The molecule has 0 amide bonds. The number of nitrogens with one attached hydrogen (secondary N) is 1. The minimum atomic E-state index is 0.0184. The maximum atomic E-state index is 12.2. The van der Waals surface area contributed by atoms with Gasteiger partial charge in [-0.3, -0.25) is 4.79 Å². The lowest BCUT2D eigenvalue weighted by Gasteiger charge is -2.15. The van der Waals surface area contributed by atoms with E-state index in [1.54, 1.807) is 0 Å². The van der Waals surface area contributed by atoms with Gasteiger partial charge in [0.25, 0.3) is 0 Å². The zero-order valence-electron chi connectivity index (χ0n) is 10.8. The average molecular weight is 266 g/mol. The first-order valence-corrected chi connectivity index (χ1v) is 7.06. The van der Waals surface area contributed by atoms with Gasteiger partial charge in [-0.1, -0.05) is 36.6 Å². The number of carbonyl (C=O) groups excluding carboxylic acids is 1. The van der Waals surface area contributed by atoms with Gasteiger partial charge in [-0.05, 0) is 43.5 Å². The van der Waals surface area contributed by atoms with E-state index in [4.69, 9.17) is 11.6 Å². The smallest absolute Gasteiger partial charge is 0.154 e. The van der Waals surface area contributed by atoms with Crippen LogP contribution in [0, 0.1) is 6.92 Å². The molecular weight excluding hydrogens is 246 g/mol. The minimum absolute atomic E-state index is 0.0184. The molecule has 1 aliphatic heterocycles. The predicted molar refractivity (Wildman–Crippen MR) is 75.2 cm³/mol. The van der Waals surface area contributed by atoms with Crippen LogP contribution in [-0.4, -0.2) is 18.4 Å². The van der Waals surface area contributed by atoms with Crippen LogP contribution in [0.1, 0.15) is 36.8 Å². The first-order chi connectivity index (χ1) is 8.66. The Kier molecular flexibility index (Phi) is 4.79. The van der Waals surface area contributed by atoms with Crippen LogP contribution in [0.5, 0.6) is 0 Å². The molecule has 1 heterocycles. The first-order valence-electron chi connectivity index (χ1n) is 6.68. The van der Waals surface area contributed by atoms with Gasteiger partial charge in [0.05, 0.1) is 6.04 Å². The van der Waals surface area contributed by atoms with Crippen molar-refractivity contribution in [2.24, 2.45) is 0 Å². The monoisotopic (exact) mass is 265 g/mol. The largest absolute Gasteiger partial charge is 0.307 e. The van der Waals surface area contributed by atoms with E-state index in [0.29, 0.717) is 11.4 Å². The van der Waals surface area contributed by atoms with Crippen molar-refractivity contribution in [2.75, 3.05) is 6.54 Å². The maximum absolute atomic E-state index is 12.2. The molecule has 98 valence electrons. The molecule has 0 radical (unpaired) electrons. The number of benzene rings is 1. The molecule has 1 fully saturated rings. The van der Waals surface area contributed by atoms with Gasteiger partial charge < -0.3 is 5.32 Å². The van der Waals surface area contributed by atoms with Gasteiger partial charge in [0.1, 0.15) is 0 Å². The molecular formula is C15H20ClNO. The summed E-state index contributed by atoms with van der Waals surface area (Å²) in [5.41, 5.74) is 2.07. The number of halogens is 1. The van der Waals surface area contributed by atoms with Crippen LogP contribution in [0.3, 0.4) is 0 Å². The van der Waals surface area contributed by atoms with Crippen molar-refractivity contribution in [3.63, 3.8) is 0 Å². The van der Waals surface area contributed by atoms with E-state index in [0.717, 1.165) is 30.5 Å². The lowest BCUT2D eigenvalue weighted by atomic mass is 9.99. The molecule has 0 saturated carbocycles. The van der Waals surface area contributed by atoms with E-state index in [2.05, 4.69) is 5.32 Å². The molecule has 1 aromatic carbocycles. The standard InChI is InChI=1S/C15H20ClNO/c1-11-6-7-12(13(16)9-11)10-15(18)14-5-3-2-4-8-17-14/h6-7,9,14,17H,2-5,8,10H2,1H3. The Morgan fingerprint density at radius 1 is 1.39 bits per heavy atom. The Hall–Kier alpha value is -0.860. The molecule has 3 heteroatoms. The van der Waals surface area contributed by atoms with Crippen molar-refractivity contribution in [1.29, 1.82) is 0 Å². The molecule has 0 aromatic heterocycles. The van der Waals surface area contributed by atoms with Gasteiger partial charge in [0.15, 0.2) is 5.78 Å². The van der Waals surface area contributed by atoms with Gasteiger partial charge >= 0.3 is 0 Å². The van der Waals surface area contributed by atoms with E-state index in [9.17, 15) is 4.79 Å². The van der Waals surface area contributed by atoms with Gasteiger partial charge in [-0.25, -0.2) is 0 Å². The third kappa shape index (κ3) is 3.56. The minimum Gasteiger partial charge on any atom is -0.307 e. The van der Waals surface area contributed by atoms with Crippen LogP contribution in [0.15, 0.2) is 18.2 Å². The van der Waals surface area contributed by atoms with E-state index in [1.807, 2.05) is 25.1 Å². The van der Waals surface area contributed by atoms with Gasteiger partial charge in [-0.2, -0.15) is 0 Å². The number of aryl methyl sites for hydroxylation is 1. The Labute approximate surface area is 114 Å². The van der Waals surface area contributed by atoms with Crippen molar-refractivity contribution in [1.82, 2.24) is 5.32 Å². The summed E-state index contributed by atoms with van der Waals surface area (Å²) in [4.78, 5) is 12.2. The molecule has 0 spiro atoms. The van der Waals surface area contributed by atoms with E-state index >= 15 is 0 Å². The molecule has 1 saturated heterocycles. The quantitative estimate of drug-likeness (QED) is 0.909. The summed E-state index contributed by atoms with van der Waals surface area (Å²) in [5, 5.41) is 4.05. The first kappa shape index (κ1) is 13.6. The lowest BCUT2D eigenvalue weighted by Crippen LogP contribution is -2.37. The predicted octanol–water partition coefficient (Wildman–Crippen LogP) is 3.29. The Morgan fingerprint density at radius 2 is 2.22 bits per heavy atom. The van der Waals surface area contributed by atoms with Crippen molar-refractivity contribution >= 4 is 17.4 Å². The highest BCUT2D eigenvalue weighted by molar-refractivity contribution is 6.31. The van der Waals surface area contributed by atoms with Gasteiger partial charge in [0.2, 0.25) is 0 Å². The fraction of sp³-hybridized carbons (Fsp3) is 0.533. The summed E-state index contributed by atoms with van der Waals surface area (Å²) in [6.45, 7) is 2.96. The van der Waals surface area contributed by atoms with Gasteiger partial charge in [0, 0.05) is 11.4 Å². The Balaban J connectivity index is 2.01. The van der Waals surface area contributed by atoms with Crippen LogP contribution in [0.2, 0.25) is 5.02 Å². The second-order valence-electron chi connectivity index (χ2n) is 5.09. The normalized spacial score (nSPS) is 20.4. The number of Topliss-reactive ketones (excluding diaryl/α,β-unsaturated/α-hetero) is 1. The third-order valence-corrected chi connectivity index (χ3v) is 3.87. The fourth-order valence-corrected chi connectivity index (χ4v) is 2.71. The average Bonchev–Trinajstić information content (AvgIpc) is 2.61. The number of ketones is 1. The van der Waals surface area contributed by atoms with Crippen LogP contribution < -0.4 is 5.32 Å². The summed E-state index contributed by atoms with van der Waals surface area (Å²) in [6, 6.07) is 5.91. The van der Waals surface area contributed by atoms with Crippen molar-refractivity contribution in [2.45, 2.75) is 45.1 Å². The lowest BCUT2D eigenvalue weighted by molar-refractivity contribution is -0.120. The molecule has 1 unspecified atom stereocenters. The third-order valence-electron chi connectivity index (χ3n) is 3.52. The molecule has 2 nitrogen and oxygen atoms in total. The molecule has 2 rings (SSSR count). The van der Waals surface area contributed by atoms with Crippen LogP contribution in [0.4, 0.5) is 0 Å². The van der Waals surface area contributed by atoms with Crippen molar-refractivity contribution in [3.8, 4) is 0 Å². The molecule has 1 N–H and O–H groups in total. The summed E-state index contributed by atoms with van der Waals surface area (Å²) >= 11 is 6.17. The highest BCUT2D eigenvalue weighted by Gasteiger charge is 2.20. The highest BCUT2D eigenvalue weighted by atomic mass is 35.5. The number of carbonyl (C=O) groups is 1. The highest BCUT2D eigenvalue weighted by Crippen LogP contribution is 2.19. The molecule has 1 atom stereocenters. The second-order valence-corrected chi connectivity index (χ2v) is 5.50. The fourth-order valence-electron chi connectivity index (χ4n) is 2.41. The van der Waals surface area contributed by atoms with Crippen LogP contribution in [-0.2, 0) is 11.2 Å². The molecule has 1 aromatic rings. The van der Waals surface area contributed by atoms with Crippen LogP contribution >= 0.6 is 11.6 Å². The Morgan fingerprint density at radius 3 is 3.00 bits per heavy atom. The SMILES string of the molecule is Cc1ccc(CC(=O)C2CCCCCN2)c(Cl)c1. The van der Waals surface area contributed by atoms with Crippen molar-refractivity contribution < 1.29 is 4.79 Å². The summed E-state index contributed by atoms with van der Waals surface area (Å²) in [5.74, 6) is 0.266. The number of rotatable bonds is 3. The molecule has 0 aliphatic carbocycles. The molecule has 18 heavy (non-hydrogen) atoms. The van der Waals surface area contributed by atoms with E-state index < -0.39 is 0 Å². The molecule has 1 aliphatic rings.